The monoisotopic (exact) mass is 455 g/mol. The maximum Gasteiger partial charge on any atom is 0.317 e. The summed E-state index contributed by atoms with van der Waals surface area (Å²) in [6.45, 7) is 5.55. The quantitative estimate of drug-likeness (QED) is 0.636. The largest absolute Gasteiger partial charge is 0.341 e. The van der Waals surface area contributed by atoms with E-state index in [-0.39, 0.29) is 29.8 Å². The van der Waals surface area contributed by atoms with Gasteiger partial charge in [-0.1, -0.05) is 19.1 Å². The third-order valence-electron chi connectivity index (χ3n) is 6.94. The molecule has 0 unspecified atom stereocenters. The lowest BCUT2D eigenvalue weighted by molar-refractivity contribution is 0.144. The third-order valence-corrected chi connectivity index (χ3v) is 6.94. The minimum Gasteiger partial charge on any atom is -0.341 e. The van der Waals surface area contributed by atoms with E-state index in [0.29, 0.717) is 17.8 Å². The summed E-state index contributed by atoms with van der Waals surface area (Å²) in [5, 5.41) is 12.2. The molecule has 176 valence electrons. The zero-order chi connectivity index (χ0) is 22.9. The number of nitrogens with one attached hydrogen (secondary N) is 1. The molecule has 2 aliphatic heterocycles. The first-order valence-electron chi connectivity index (χ1n) is 11.8. The predicted octanol–water partition coefficient (Wildman–Crippen LogP) is 3.09. The number of benzene rings is 1. The van der Waals surface area contributed by atoms with Gasteiger partial charge in [0.05, 0.1) is 5.69 Å². The first-order chi connectivity index (χ1) is 16.1. The Morgan fingerprint density at radius 2 is 2.06 bits per heavy atom. The van der Waals surface area contributed by atoms with Gasteiger partial charge in [0.25, 0.3) is 5.95 Å². The van der Waals surface area contributed by atoms with E-state index in [4.69, 9.17) is 4.52 Å². The van der Waals surface area contributed by atoms with Crippen molar-refractivity contribution >= 4 is 16.9 Å². The summed E-state index contributed by atoms with van der Waals surface area (Å²) in [5.74, 6) is 0.667. The van der Waals surface area contributed by atoms with Gasteiger partial charge in [0, 0.05) is 37.5 Å². The summed E-state index contributed by atoms with van der Waals surface area (Å²) in [6.07, 6.45) is 4.61. The Bertz CT molecular complexity index is 1140. The van der Waals surface area contributed by atoms with Crippen molar-refractivity contribution in [2.75, 3.05) is 33.2 Å². The van der Waals surface area contributed by atoms with Crippen LogP contribution in [0.15, 0.2) is 22.7 Å². The van der Waals surface area contributed by atoms with E-state index >= 15 is 0 Å². The van der Waals surface area contributed by atoms with Gasteiger partial charge in [-0.05, 0) is 56.4 Å². The Labute approximate surface area is 191 Å². The van der Waals surface area contributed by atoms with Gasteiger partial charge >= 0.3 is 6.03 Å². The van der Waals surface area contributed by atoms with E-state index in [1.807, 2.05) is 17.9 Å². The molecule has 1 N–H and O–H groups in total. The van der Waals surface area contributed by atoms with Gasteiger partial charge in [0.2, 0.25) is 5.89 Å². The number of aryl methyl sites for hydroxylation is 1. The topological polar surface area (TPSA) is 92.3 Å². The van der Waals surface area contributed by atoms with Crippen LogP contribution in [0.1, 0.15) is 50.1 Å². The van der Waals surface area contributed by atoms with Crippen LogP contribution in [0.25, 0.3) is 16.9 Å². The fourth-order valence-electron chi connectivity index (χ4n) is 5.17. The van der Waals surface area contributed by atoms with E-state index in [0.717, 1.165) is 62.9 Å². The van der Waals surface area contributed by atoms with Crippen LogP contribution in [-0.2, 0) is 6.42 Å². The van der Waals surface area contributed by atoms with Crippen molar-refractivity contribution in [1.29, 1.82) is 0 Å². The smallest absolute Gasteiger partial charge is 0.317 e. The van der Waals surface area contributed by atoms with Crippen LogP contribution >= 0.6 is 0 Å². The zero-order valence-electron chi connectivity index (χ0n) is 19.1. The van der Waals surface area contributed by atoms with E-state index in [1.165, 1.54) is 10.7 Å². The number of para-hydroxylation sites is 1. The molecule has 4 heterocycles. The fraction of sp³-hybridized carbons (Fsp3) is 0.565. The molecule has 33 heavy (non-hydrogen) atoms. The molecule has 0 spiro atoms. The van der Waals surface area contributed by atoms with E-state index in [9.17, 15) is 9.18 Å². The molecule has 0 saturated carbocycles. The van der Waals surface area contributed by atoms with Crippen molar-refractivity contribution < 1.29 is 13.7 Å². The lowest BCUT2D eigenvalue weighted by Crippen LogP contribution is -2.47. The molecule has 1 atom stereocenters. The molecule has 5 rings (SSSR count). The summed E-state index contributed by atoms with van der Waals surface area (Å²) < 4.78 is 21.6. The van der Waals surface area contributed by atoms with Crippen LogP contribution < -0.4 is 5.32 Å². The second-order valence-electron chi connectivity index (χ2n) is 8.90. The Balaban J connectivity index is 1.26. The molecule has 2 fully saturated rings. The van der Waals surface area contributed by atoms with Crippen LogP contribution in [0, 0.1) is 5.82 Å². The van der Waals surface area contributed by atoms with Gasteiger partial charge in [0.1, 0.15) is 11.3 Å². The van der Waals surface area contributed by atoms with Crippen LogP contribution in [0.3, 0.4) is 0 Å². The molecule has 2 aromatic heterocycles. The average Bonchev–Trinajstić information content (AvgIpc) is 3.58. The second-order valence-corrected chi connectivity index (χ2v) is 8.90. The zero-order valence-corrected chi connectivity index (χ0v) is 19.1. The number of halogens is 1. The standard InChI is InChI=1S/C23H30FN7O2/c1-3-19-17-7-4-8-18(24)20(17)31(27-19)22-26-21(33-28-22)15-9-12-29(13-10-15)14-16-6-5-11-30(16)23(32)25-2/h4,7-8,15-16H,3,5-6,9-14H2,1-2H3,(H,25,32)/t16-/m1/s1. The van der Waals surface area contributed by atoms with Gasteiger partial charge in [-0.25, -0.2) is 9.18 Å². The average molecular weight is 456 g/mol. The summed E-state index contributed by atoms with van der Waals surface area (Å²) in [4.78, 5) is 21.1. The molecule has 10 heteroatoms. The first kappa shape index (κ1) is 21.8. The van der Waals surface area contributed by atoms with Crippen molar-refractivity contribution in [3.8, 4) is 5.95 Å². The Kier molecular flexibility index (Phi) is 6.01. The minimum absolute atomic E-state index is 0.0135. The second kappa shape index (κ2) is 9.09. The highest BCUT2D eigenvalue weighted by atomic mass is 19.1. The summed E-state index contributed by atoms with van der Waals surface area (Å²) in [5.41, 5.74) is 1.19. The molecular weight excluding hydrogens is 425 g/mol. The van der Waals surface area contributed by atoms with Crippen molar-refractivity contribution in [3.63, 3.8) is 0 Å². The van der Waals surface area contributed by atoms with Crippen LogP contribution in [-0.4, -0.2) is 75.0 Å². The van der Waals surface area contributed by atoms with Crippen molar-refractivity contribution in [2.24, 2.45) is 0 Å². The lowest BCUT2D eigenvalue weighted by Gasteiger charge is -2.34. The molecule has 3 aromatic rings. The van der Waals surface area contributed by atoms with Crippen molar-refractivity contribution in [1.82, 2.24) is 35.0 Å². The number of carbonyl (C=O) groups excluding carboxylic acids is 1. The van der Waals surface area contributed by atoms with Crippen molar-refractivity contribution in [3.05, 3.63) is 35.6 Å². The normalized spacial score (nSPS) is 20.1. The Morgan fingerprint density at radius 3 is 2.82 bits per heavy atom. The highest BCUT2D eigenvalue weighted by Gasteiger charge is 2.32. The molecule has 2 amide bonds. The van der Waals surface area contributed by atoms with Gasteiger partial charge in [-0.15, -0.1) is 0 Å². The molecule has 1 aromatic carbocycles. The summed E-state index contributed by atoms with van der Waals surface area (Å²) >= 11 is 0. The molecule has 0 aliphatic carbocycles. The SMILES string of the molecule is CCc1nn(-c2noc(C3CCN(C[C@H]4CCCN4C(=O)NC)CC3)n2)c2c(F)cccc12. The van der Waals surface area contributed by atoms with Crippen LogP contribution in [0.5, 0.6) is 0 Å². The molecule has 9 nitrogen and oxygen atoms in total. The maximum absolute atomic E-state index is 14.6. The number of nitrogens with zero attached hydrogens (tertiary/aromatic N) is 6. The first-order valence-corrected chi connectivity index (χ1v) is 11.8. The van der Waals surface area contributed by atoms with E-state index in [2.05, 4.69) is 25.5 Å². The predicted molar refractivity (Wildman–Crippen MR) is 121 cm³/mol. The number of hydrogen-bond donors (Lipinski definition) is 1. The highest BCUT2D eigenvalue weighted by molar-refractivity contribution is 5.83. The van der Waals surface area contributed by atoms with E-state index < -0.39 is 0 Å². The Morgan fingerprint density at radius 1 is 1.24 bits per heavy atom. The number of rotatable bonds is 5. The van der Waals surface area contributed by atoms with E-state index in [1.54, 1.807) is 13.1 Å². The summed E-state index contributed by atoms with van der Waals surface area (Å²) in [6, 6.07) is 5.27. The third kappa shape index (κ3) is 4.07. The van der Waals surface area contributed by atoms with Crippen molar-refractivity contribution in [2.45, 2.75) is 51.0 Å². The number of carbonyl (C=O) groups is 1. The molecule has 2 saturated heterocycles. The molecule has 2 aliphatic rings. The number of amides is 2. The number of fused-ring (bicyclic) bond motifs is 1. The maximum atomic E-state index is 14.6. The van der Waals surface area contributed by atoms with Gasteiger partial charge in [0.15, 0.2) is 0 Å². The summed E-state index contributed by atoms with van der Waals surface area (Å²) in [7, 11) is 1.69. The molecule has 0 radical (unpaired) electrons. The van der Waals surface area contributed by atoms with Gasteiger partial charge < -0.3 is 19.6 Å². The molecular formula is C23H30FN7O2. The van der Waals surface area contributed by atoms with Crippen LogP contribution in [0.4, 0.5) is 9.18 Å². The Hall–Kier alpha value is -3.01. The fourth-order valence-corrected chi connectivity index (χ4v) is 5.17. The van der Waals surface area contributed by atoms with Gasteiger partial charge in [-0.2, -0.15) is 14.8 Å². The number of likely N-dealkylation sites (tertiary alicyclic amines) is 2. The number of hydrogen-bond acceptors (Lipinski definition) is 6. The minimum atomic E-state index is -0.350. The lowest BCUT2D eigenvalue weighted by atomic mass is 9.96. The number of aromatic nitrogens is 4. The highest BCUT2D eigenvalue weighted by Crippen LogP contribution is 2.30. The molecule has 0 bridgehead atoms. The number of urea groups is 1. The number of piperidine rings is 1. The van der Waals surface area contributed by atoms with Gasteiger partial charge in [-0.3, -0.25) is 0 Å². The van der Waals surface area contributed by atoms with Crippen LogP contribution in [0.2, 0.25) is 0 Å².